The number of allylic oxidation sites excluding steroid dienone is 4. The van der Waals surface area contributed by atoms with Crippen molar-refractivity contribution in [3.63, 3.8) is 0 Å². The summed E-state index contributed by atoms with van der Waals surface area (Å²) in [6.45, 7) is 3.29. The van der Waals surface area contributed by atoms with Crippen molar-refractivity contribution in [1.82, 2.24) is 4.57 Å². The molecule has 7 nitrogen and oxygen atoms in total. The number of esters is 1. The molecule has 0 bridgehead atoms. The monoisotopic (exact) mass is 455 g/mol. The average molecular weight is 456 g/mol. The van der Waals surface area contributed by atoms with Crippen molar-refractivity contribution in [2.45, 2.75) is 33.1 Å². The Morgan fingerprint density at radius 2 is 2.06 bits per heavy atom. The lowest BCUT2D eigenvalue weighted by Gasteiger charge is -2.23. The molecule has 32 heavy (non-hydrogen) atoms. The fourth-order valence-electron chi connectivity index (χ4n) is 4.00. The highest BCUT2D eigenvalue weighted by molar-refractivity contribution is 7.92. The zero-order valence-corrected chi connectivity index (χ0v) is 19.6. The van der Waals surface area contributed by atoms with Crippen molar-refractivity contribution < 1.29 is 17.9 Å². The van der Waals surface area contributed by atoms with Gasteiger partial charge in [0.2, 0.25) is 10.0 Å². The first-order valence-electron chi connectivity index (χ1n) is 10.8. The van der Waals surface area contributed by atoms with E-state index in [2.05, 4.69) is 6.07 Å². The number of rotatable bonds is 9. The summed E-state index contributed by atoms with van der Waals surface area (Å²) in [4.78, 5) is 12.1. The highest BCUT2D eigenvalue weighted by Crippen LogP contribution is 2.34. The topological polar surface area (TPSA) is 92.4 Å². The molecule has 1 atom stereocenters. The minimum atomic E-state index is -3.68. The SMILES string of the molecule is CCCS(=O)(=O)N(CC(=O)OCC)c1ccc2c(c1)cc(CC1(C#N)C=CC=CC1)n2C. The molecule has 0 amide bonds. The molecule has 3 rings (SSSR count). The van der Waals surface area contributed by atoms with E-state index in [-0.39, 0.29) is 18.9 Å². The Hall–Kier alpha value is -3.05. The molecule has 0 spiro atoms. The number of carbonyl (C=O) groups is 1. The van der Waals surface area contributed by atoms with Gasteiger partial charge in [-0.25, -0.2) is 8.42 Å². The number of hydrogen-bond acceptors (Lipinski definition) is 5. The smallest absolute Gasteiger partial charge is 0.326 e. The molecule has 1 unspecified atom stereocenters. The summed E-state index contributed by atoms with van der Waals surface area (Å²) in [6.07, 6.45) is 9.42. The maximum atomic E-state index is 12.9. The molecule has 1 aliphatic carbocycles. The Morgan fingerprint density at radius 1 is 1.28 bits per heavy atom. The van der Waals surface area contributed by atoms with Gasteiger partial charge in [0.25, 0.3) is 0 Å². The van der Waals surface area contributed by atoms with Crippen LogP contribution in [0.4, 0.5) is 5.69 Å². The van der Waals surface area contributed by atoms with E-state index in [9.17, 15) is 18.5 Å². The number of aromatic nitrogens is 1. The molecule has 1 aromatic heterocycles. The minimum Gasteiger partial charge on any atom is -0.465 e. The number of nitriles is 1. The van der Waals surface area contributed by atoms with E-state index in [1.165, 1.54) is 0 Å². The van der Waals surface area contributed by atoms with Crippen LogP contribution in [0, 0.1) is 16.7 Å². The van der Waals surface area contributed by atoms with Crippen LogP contribution < -0.4 is 4.31 Å². The van der Waals surface area contributed by atoms with Crippen LogP contribution in [-0.2, 0) is 33.0 Å². The first-order chi connectivity index (χ1) is 15.2. The van der Waals surface area contributed by atoms with E-state index < -0.39 is 21.4 Å². The van der Waals surface area contributed by atoms with Gasteiger partial charge in [-0.3, -0.25) is 9.10 Å². The van der Waals surface area contributed by atoms with E-state index >= 15 is 0 Å². The quantitative estimate of drug-likeness (QED) is 0.536. The molecule has 1 aromatic carbocycles. The van der Waals surface area contributed by atoms with Crippen LogP contribution >= 0.6 is 0 Å². The van der Waals surface area contributed by atoms with Crippen molar-refractivity contribution in [2.75, 3.05) is 23.2 Å². The van der Waals surface area contributed by atoms with E-state index in [0.29, 0.717) is 24.9 Å². The zero-order chi connectivity index (χ0) is 23.4. The standard InChI is InChI=1S/C24H29N3O4S/c1-4-13-32(29,30)27(17-23(28)31-5-2)20-9-10-22-19(14-20)15-21(26(22)3)16-24(18-25)11-7-6-8-12-24/h6-11,14-15H,4-5,12-13,16-17H2,1-3H3. The van der Waals surface area contributed by atoms with Gasteiger partial charge >= 0.3 is 5.97 Å². The van der Waals surface area contributed by atoms with Gasteiger partial charge in [0.1, 0.15) is 6.54 Å². The predicted molar refractivity (Wildman–Crippen MR) is 126 cm³/mol. The molecule has 0 saturated carbocycles. The van der Waals surface area contributed by atoms with Crippen LogP contribution in [0.5, 0.6) is 0 Å². The van der Waals surface area contributed by atoms with Gasteiger partial charge in [-0.05, 0) is 44.0 Å². The summed E-state index contributed by atoms with van der Waals surface area (Å²) in [7, 11) is -1.74. The lowest BCUT2D eigenvalue weighted by Crippen LogP contribution is -2.38. The molecule has 0 fully saturated rings. The molecule has 8 heteroatoms. The fourth-order valence-corrected chi connectivity index (χ4v) is 5.48. The van der Waals surface area contributed by atoms with E-state index in [1.807, 2.05) is 48.1 Å². The van der Waals surface area contributed by atoms with Crippen molar-refractivity contribution >= 4 is 32.6 Å². The number of ether oxygens (including phenoxy) is 1. The van der Waals surface area contributed by atoms with Crippen LogP contribution in [0.3, 0.4) is 0 Å². The van der Waals surface area contributed by atoms with Crippen LogP contribution in [0.2, 0.25) is 0 Å². The number of hydrogen-bond donors (Lipinski definition) is 0. The van der Waals surface area contributed by atoms with Gasteiger partial charge in [-0.1, -0.05) is 31.2 Å². The number of aryl methyl sites for hydroxylation is 1. The van der Waals surface area contributed by atoms with Gasteiger partial charge in [0.15, 0.2) is 0 Å². The van der Waals surface area contributed by atoms with E-state index in [1.54, 1.807) is 26.0 Å². The highest BCUT2D eigenvalue weighted by Gasteiger charge is 2.29. The molecule has 170 valence electrons. The van der Waals surface area contributed by atoms with Crippen LogP contribution in [-0.4, -0.2) is 37.9 Å². The Kier molecular flexibility index (Phi) is 7.09. The summed E-state index contributed by atoms with van der Waals surface area (Å²) in [5.41, 5.74) is 1.73. The van der Waals surface area contributed by atoms with Gasteiger partial charge in [0.05, 0.1) is 29.5 Å². The lowest BCUT2D eigenvalue weighted by atomic mass is 9.79. The number of benzene rings is 1. The average Bonchev–Trinajstić information content (AvgIpc) is 3.07. The minimum absolute atomic E-state index is 0.0605. The molecule has 0 saturated heterocycles. The summed E-state index contributed by atoms with van der Waals surface area (Å²) in [5, 5.41) is 10.6. The van der Waals surface area contributed by atoms with Crippen molar-refractivity contribution in [2.24, 2.45) is 12.5 Å². The van der Waals surface area contributed by atoms with Crippen molar-refractivity contribution in [3.8, 4) is 6.07 Å². The maximum Gasteiger partial charge on any atom is 0.326 e. The third-order valence-corrected chi connectivity index (χ3v) is 7.59. The summed E-state index contributed by atoms with van der Waals surface area (Å²) in [5.74, 6) is -0.649. The molecule has 2 aromatic rings. The Bertz CT molecular complexity index is 1200. The number of sulfonamides is 1. The van der Waals surface area contributed by atoms with Crippen LogP contribution in [0.25, 0.3) is 10.9 Å². The molecular weight excluding hydrogens is 426 g/mol. The van der Waals surface area contributed by atoms with E-state index in [4.69, 9.17) is 4.74 Å². The zero-order valence-electron chi connectivity index (χ0n) is 18.7. The lowest BCUT2D eigenvalue weighted by molar-refractivity contribution is -0.141. The Labute approximate surface area is 189 Å². The van der Waals surface area contributed by atoms with Crippen molar-refractivity contribution in [3.05, 3.63) is 54.3 Å². The van der Waals surface area contributed by atoms with Gasteiger partial charge in [-0.2, -0.15) is 5.26 Å². The summed E-state index contributed by atoms with van der Waals surface area (Å²) >= 11 is 0. The third-order valence-electron chi connectivity index (χ3n) is 5.65. The summed E-state index contributed by atoms with van der Waals surface area (Å²) < 4.78 is 33.9. The maximum absolute atomic E-state index is 12.9. The largest absolute Gasteiger partial charge is 0.465 e. The van der Waals surface area contributed by atoms with Gasteiger partial charge in [-0.15, -0.1) is 0 Å². The normalized spacial score (nSPS) is 17.9. The second-order valence-electron chi connectivity index (χ2n) is 8.00. The highest BCUT2D eigenvalue weighted by atomic mass is 32.2. The first kappa shape index (κ1) is 23.6. The third kappa shape index (κ3) is 4.89. The second-order valence-corrected chi connectivity index (χ2v) is 10.0. The number of nitrogens with zero attached hydrogens (tertiary/aromatic N) is 3. The molecular formula is C24H29N3O4S. The Morgan fingerprint density at radius 3 is 2.69 bits per heavy atom. The molecule has 1 heterocycles. The van der Waals surface area contributed by atoms with Gasteiger partial charge < -0.3 is 9.30 Å². The Balaban J connectivity index is 2.00. The first-order valence-corrected chi connectivity index (χ1v) is 12.4. The molecule has 0 aliphatic heterocycles. The fraction of sp³-hybridized carbons (Fsp3) is 0.417. The van der Waals surface area contributed by atoms with Gasteiger partial charge in [0, 0.05) is 30.1 Å². The summed E-state index contributed by atoms with van der Waals surface area (Å²) in [6, 6.07) is 9.77. The number of carbonyl (C=O) groups excluding carboxylic acids is 1. The number of fused-ring (bicyclic) bond motifs is 1. The predicted octanol–water partition coefficient (Wildman–Crippen LogP) is 3.86. The van der Waals surface area contributed by atoms with Crippen molar-refractivity contribution in [1.29, 1.82) is 5.26 Å². The molecule has 0 radical (unpaired) electrons. The molecule has 0 N–H and O–H groups in total. The second kappa shape index (κ2) is 9.61. The van der Waals surface area contributed by atoms with E-state index in [0.717, 1.165) is 20.9 Å². The molecule has 1 aliphatic rings. The van der Waals surface area contributed by atoms with Crippen LogP contribution in [0.15, 0.2) is 48.6 Å². The van der Waals surface area contributed by atoms with Crippen LogP contribution in [0.1, 0.15) is 32.4 Å². The number of anilines is 1.